The molecule has 2 heterocycles. The molecule has 33 heavy (non-hydrogen) atoms. The number of sulfonamides is 1. The minimum atomic E-state index is -3.64. The summed E-state index contributed by atoms with van der Waals surface area (Å²) in [5.41, 5.74) is 1.67. The van der Waals surface area contributed by atoms with Crippen LogP contribution in [-0.2, 0) is 27.1 Å². The third kappa shape index (κ3) is 6.08. The molecule has 0 bridgehead atoms. The van der Waals surface area contributed by atoms with Gasteiger partial charge in [0.05, 0.1) is 11.7 Å². The maximum Gasteiger partial charge on any atom is 0.227 e. The average molecular weight is 510 g/mol. The van der Waals surface area contributed by atoms with Crippen LogP contribution in [0.15, 0.2) is 48.5 Å². The lowest BCUT2D eigenvalue weighted by Crippen LogP contribution is -2.52. The van der Waals surface area contributed by atoms with Gasteiger partial charge >= 0.3 is 0 Å². The maximum atomic E-state index is 13.2. The molecule has 2 aliphatic rings. The lowest BCUT2D eigenvalue weighted by molar-refractivity contribution is -0.138. The van der Waals surface area contributed by atoms with Gasteiger partial charge < -0.3 is 4.90 Å². The number of amides is 1. The Morgan fingerprint density at radius 1 is 0.909 bits per heavy atom. The zero-order chi connectivity index (χ0) is 23.4. The lowest BCUT2D eigenvalue weighted by atomic mass is 9.97. The van der Waals surface area contributed by atoms with E-state index in [1.165, 1.54) is 9.87 Å². The van der Waals surface area contributed by atoms with E-state index in [4.69, 9.17) is 23.2 Å². The molecule has 4 rings (SSSR count). The molecule has 0 N–H and O–H groups in total. The van der Waals surface area contributed by atoms with Gasteiger partial charge in [0.2, 0.25) is 15.9 Å². The van der Waals surface area contributed by atoms with Gasteiger partial charge in [-0.15, -0.1) is 0 Å². The zero-order valence-electron chi connectivity index (χ0n) is 18.5. The van der Waals surface area contributed by atoms with Crippen LogP contribution >= 0.6 is 23.2 Å². The van der Waals surface area contributed by atoms with Gasteiger partial charge in [0.15, 0.2) is 0 Å². The molecule has 0 aromatic heterocycles. The standard InChI is InChI=1S/C24H29Cl2N3O3S/c25-22-9-4-10-23(26)21(22)18-33(31,32)29-11-5-8-20(17-29)24(30)28-14-12-27(13-15-28)16-19-6-2-1-3-7-19/h1-4,6-7,9-10,20H,5,8,11-18H2/t20-/m1/s1. The molecule has 1 atom stereocenters. The number of piperazine rings is 1. The van der Waals surface area contributed by atoms with E-state index in [9.17, 15) is 13.2 Å². The smallest absolute Gasteiger partial charge is 0.227 e. The van der Waals surface area contributed by atoms with E-state index in [1.807, 2.05) is 23.1 Å². The van der Waals surface area contributed by atoms with Crippen molar-refractivity contribution >= 4 is 39.1 Å². The number of carbonyl (C=O) groups excluding carboxylic acids is 1. The summed E-state index contributed by atoms with van der Waals surface area (Å²) in [6.45, 7) is 4.49. The highest BCUT2D eigenvalue weighted by Crippen LogP contribution is 2.29. The first-order valence-corrected chi connectivity index (χ1v) is 13.7. The van der Waals surface area contributed by atoms with E-state index in [0.717, 1.165) is 19.6 Å². The highest BCUT2D eigenvalue weighted by atomic mass is 35.5. The zero-order valence-corrected chi connectivity index (χ0v) is 20.8. The van der Waals surface area contributed by atoms with Crippen molar-refractivity contribution in [1.82, 2.24) is 14.1 Å². The molecule has 9 heteroatoms. The van der Waals surface area contributed by atoms with Crippen LogP contribution in [0.1, 0.15) is 24.0 Å². The quantitative estimate of drug-likeness (QED) is 0.592. The van der Waals surface area contributed by atoms with Crippen molar-refractivity contribution in [2.75, 3.05) is 39.3 Å². The van der Waals surface area contributed by atoms with Crippen molar-refractivity contribution in [2.45, 2.75) is 25.1 Å². The molecule has 0 unspecified atom stereocenters. The molecule has 6 nitrogen and oxygen atoms in total. The minimum Gasteiger partial charge on any atom is -0.340 e. The molecule has 0 saturated carbocycles. The highest BCUT2D eigenvalue weighted by Gasteiger charge is 2.35. The first kappa shape index (κ1) is 24.5. The van der Waals surface area contributed by atoms with Gasteiger partial charge in [0.1, 0.15) is 0 Å². The summed E-state index contributed by atoms with van der Waals surface area (Å²) in [5, 5.41) is 0.674. The van der Waals surface area contributed by atoms with E-state index in [2.05, 4.69) is 17.0 Å². The molecule has 1 amide bonds. The molecular formula is C24H29Cl2N3O3S. The predicted octanol–water partition coefficient (Wildman–Crippen LogP) is 3.88. The Morgan fingerprint density at radius 2 is 1.58 bits per heavy atom. The molecule has 0 spiro atoms. The number of hydrogen-bond acceptors (Lipinski definition) is 4. The van der Waals surface area contributed by atoms with Gasteiger partial charge in [0, 0.05) is 61.4 Å². The number of nitrogens with zero attached hydrogens (tertiary/aromatic N) is 3. The highest BCUT2D eigenvalue weighted by molar-refractivity contribution is 7.88. The lowest BCUT2D eigenvalue weighted by Gasteiger charge is -2.38. The van der Waals surface area contributed by atoms with E-state index in [1.54, 1.807) is 18.2 Å². The van der Waals surface area contributed by atoms with Crippen molar-refractivity contribution < 1.29 is 13.2 Å². The van der Waals surface area contributed by atoms with Crippen LogP contribution in [-0.4, -0.2) is 67.7 Å². The van der Waals surface area contributed by atoms with E-state index in [-0.39, 0.29) is 24.1 Å². The molecule has 2 saturated heterocycles. The van der Waals surface area contributed by atoms with E-state index < -0.39 is 10.0 Å². The summed E-state index contributed by atoms with van der Waals surface area (Å²) < 4.78 is 27.6. The van der Waals surface area contributed by atoms with Crippen LogP contribution in [0.25, 0.3) is 0 Å². The van der Waals surface area contributed by atoms with Crippen molar-refractivity contribution in [3.05, 3.63) is 69.7 Å². The predicted molar refractivity (Wildman–Crippen MR) is 132 cm³/mol. The van der Waals surface area contributed by atoms with Gasteiger partial charge in [0.25, 0.3) is 0 Å². The number of carbonyl (C=O) groups is 1. The van der Waals surface area contributed by atoms with Gasteiger partial charge in [-0.2, -0.15) is 0 Å². The summed E-state index contributed by atoms with van der Waals surface area (Å²) in [4.78, 5) is 17.4. The van der Waals surface area contributed by atoms with Gasteiger partial charge in [-0.05, 0) is 30.5 Å². The van der Waals surface area contributed by atoms with Gasteiger partial charge in [-0.3, -0.25) is 9.69 Å². The fourth-order valence-corrected chi connectivity index (χ4v) is 6.93. The van der Waals surface area contributed by atoms with Gasteiger partial charge in [-0.1, -0.05) is 59.6 Å². The monoisotopic (exact) mass is 509 g/mol. The summed E-state index contributed by atoms with van der Waals surface area (Å²) in [6, 6.07) is 15.3. The summed E-state index contributed by atoms with van der Waals surface area (Å²) in [6.07, 6.45) is 1.38. The second-order valence-corrected chi connectivity index (χ2v) is 11.5. The maximum absolute atomic E-state index is 13.2. The Kier molecular flexibility index (Phi) is 7.97. The Labute approximate surface area is 206 Å². The summed E-state index contributed by atoms with van der Waals surface area (Å²) >= 11 is 12.4. The number of halogens is 2. The Hall–Kier alpha value is -1.64. The summed E-state index contributed by atoms with van der Waals surface area (Å²) in [7, 11) is -3.64. The molecule has 2 aromatic rings. The molecule has 0 aliphatic carbocycles. The van der Waals surface area contributed by atoms with Crippen LogP contribution in [0.4, 0.5) is 0 Å². The number of hydrogen-bond donors (Lipinski definition) is 0. The van der Waals surface area contributed by atoms with Crippen LogP contribution < -0.4 is 0 Å². The van der Waals surface area contributed by atoms with E-state index >= 15 is 0 Å². The fraction of sp³-hybridized carbons (Fsp3) is 0.458. The van der Waals surface area contributed by atoms with Crippen molar-refractivity contribution in [3.8, 4) is 0 Å². The molecule has 2 fully saturated rings. The van der Waals surface area contributed by atoms with Crippen LogP contribution in [0.3, 0.4) is 0 Å². The third-order valence-corrected chi connectivity index (χ3v) is 8.93. The Bertz CT molecular complexity index is 1050. The van der Waals surface area contributed by atoms with Crippen LogP contribution in [0, 0.1) is 5.92 Å². The van der Waals surface area contributed by atoms with Crippen molar-refractivity contribution in [2.24, 2.45) is 5.92 Å². The topological polar surface area (TPSA) is 60.9 Å². The van der Waals surface area contributed by atoms with Crippen molar-refractivity contribution in [3.63, 3.8) is 0 Å². The van der Waals surface area contributed by atoms with E-state index in [0.29, 0.717) is 48.1 Å². The number of benzene rings is 2. The minimum absolute atomic E-state index is 0.0602. The molecule has 2 aliphatic heterocycles. The normalized spacial score (nSPS) is 20.7. The second-order valence-electron chi connectivity index (χ2n) is 8.74. The average Bonchev–Trinajstić information content (AvgIpc) is 2.82. The summed E-state index contributed by atoms with van der Waals surface area (Å²) in [5.74, 6) is -0.508. The van der Waals surface area contributed by atoms with Crippen LogP contribution in [0.5, 0.6) is 0 Å². The number of piperidine rings is 1. The molecular weight excluding hydrogens is 481 g/mol. The molecule has 2 aromatic carbocycles. The third-order valence-electron chi connectivity index (χ3n) is 6.45. The number of rotatable bonds is 6. The largest absolute Gasteiger partial charge is 0.340 e. The first-order valence-electron chi connectivity index (χ1n) is 11.3. The first-order chi connectivity index (χ1) is 15.8. The second kappa shape index (κ2) is 10.7. The van der Waals surface area contributed by atoms with Crippen molar-refractivity contribution in [1.29, 1.82) is 0 Å². The molecule has 178 valence electrons. The molecule has 0 radical (unpaired) electrons. The fourth-order valence-electron chi connectivity index (χ4n) is 4.57. The Balaban J connectivity index is 1.34. The Morgan fingerprint density at radius 3 is 2.24 bits per heavy atom. The van der Waals surface area contributed by atoms with Gasteiger partial charge in [-0.25, -0.2) is 12.7 Å². The van der Waals surface area contributed by atoms with Crippen LogP contribution in [0.2, 0.25) is 10.0 Å². The SMILES string of the molecule is O=C([C@@H]1CCCN(S(=O)(=O)Cc2c(Cl)cccc2Cl)C1)N1CCN(Cc2ccccc2)CC1.